The number of nitrogens with one attached hydrogen (secondary N) is 1. The Morgan fingerprint density at radius 3 is 2.37 bits per heavy atom. The molecule has 2 aromatic rings. The molecule has 0 saturated carbocycles. The van der Waals surface area contributed by atoms with Gasteiger partial charge in [0, 0.05) is 0 Å². The molecule has 0 fully saturated rings. The summed E-state index contributed by atoms with van der Waals surface area (Å²) in [4.78, 5) is 24.0. The minimum atomic E-state index is -0.824. The largest absolute Gasteiger partial charge is 0.368 e. The summed E-state index contributed by atoms with van der Waals surface area (Å²) in [5.74, 6) is -0.904. The zero-order valence-electron chi connectivity index (χ0n) is 9.80. The average molecular weight is 339 g/mol. The molecule has 6 heteroatoms. The molecule has 0 aliphatic rings. The SMILES string of the molecule is NC(=O)[C@@H](NC(=O)c1ccc(Br)s1)c1ccccc1. The Morgan fingerprint density at radius 2 is 1.84 bits per heavy atom. The van der Waals surface area contributed by atoms with Gasteiger partial charge in [-0.15, -0.1) is 11.3 Å². The first-order valence-electron chi connectivity index (χ1n) is 5.48. The molecule has 0 aliphatic carbocycles. The Morgan fingerprint density at radius 1 is 1.16 bits per heavy atom. The zero-order chi connectivity index (χ0) is 13.8. The van der Waals surface area contributed by atoms with Crippen molar-refractivity contribution >= 4 is 39.1 Å². The maximum absolute atomic E-state index is 12.0. The maximum atomic E-state index is 12.0. The van der Waals surface area contributed by atoms with E-state index >= 15 is 0 Å². The van der Waals surface area contributed by atoms with Crippen molar-refractivity contribution in [3.63, 3.8) is 0 Å². The number of carbonyl (C=O) groups is 2. The lowest BCUT2D eigenvalue weighted by Crippen LogP contribution is -2.37. The van der Waals surface area contributed by atoms with Crippen LogP contribution in [0.5, 0.6) is 0 Å². The Labute approximate surface area is 122 Å². The topological polar surface area (TPSA) is 72.2 Å². The van der Waals surface area contributed by atoms with Crippen molar-refractivity contribution in [3.8, 4) is 0 Å². The lowest BCUT2D eigenvalue weighted by molar-refractivity contribution is -0.120. The highest BCUT2D eigenvalue weighted by molar-refractivity contribution is 9.11. The standard InChI is InChI=1S/C13H11BrN2O2S/c14-10-7-6-9(19-10)13(18)16-11(12(15)17)8-4-2-1-3-5-8/h1-7,11H,(H2,15,17)(H,16,18)/t11-/m0/s1. The molecule has 3 N–H and O–H groups in total. The number of amides is 2. The van der Waals surface area contributed by atoms with Gasteiger partial charge in [0.2, 0.25) is 5.91 Å². The van der Waals surface area contributed by atoms with E-state index in [2.05, 4.69) is 21.2 Å². The smallest absolute Gasteiger partial charge is 0.262 e. The molecule has 0 radical (unpaired) electrons. The van der Waals surface area contributed by atoms with Crippen LogP contribution in [0, 0.1) is 0 Å². The van der Waals surface area contributed by atoms with E-state index in [1.54, 1.807) is 36.4 Å². The number of thiophene rings is 1. The molecular formula is C13H11BrN2O2S. The summed E-state index contributed by atoms with van der Waals surface area (Å²) in [6.07, 6.45) is 0. The second kappa shape index (κ2) is 5.99. The van der Waals surface area contributed by atoms with Crippen LogP contribution in [0.3, 0.4) is 0 Å². The molecule has 4 nitrogen and oxygen atoms in total. The van der Waals surface area contributed by atoms with E-state index in [1.807, 2.05) is 6.07 Å². The van der Waals surface area contributed by atoms with Gasteiger partial charge in [-0.1, -0.05) is 30.3 Å². The number of carbonyl (C=O) groups excluding carboxylic acids is 2. The second-order valence-corrected chi connectivity index (χ2v) is 6.29. The summed E-state index contributed by atoms with van der Waals surface area (Å²) in [5, 5.41) is 2.64. The summed E-state index contributed by atoms with van der Waals surface area (Å²) in [5.41, 5.74) is 6.01. The van der Waals surface area contributed by atoms with Crippen LogP contribution < -0.4 is 11.1 Å². The third-order valence-electron chi connectivity index (χ3n) is 2.49. The quantitative estimate of drug-likeness (QED) is 0.898. The number of hydrogen-bond donors (Lipinski definition) is 2. The number of nitrogens with two attached hydrogens (primary N) is 1. The van der Waals surface area contributed by atoms with Gasteiger partial charge < -0.3 is 11.1 Å². The van der Waals surface area contributed by atoms with Crippen molar-refractivity contribution in [1.82, 2.24) is 5.32 Å². The van der Waals surface area contributed by atoms with E-state index in [9.17, 15) is 9.59 Å². The summed E-state index contributed by atoms with van der Waals surface area (Å²) in [6, 6.07) is 11.6. The molecule has 2 rings (SSSR count). The van der Waals surface area contributed by atoms with E-state index in [0.29, 0.717) is 10.4 Å². The van der Waals surface area contributed by atoms with E-state index < -0.39 is 11.9 Å². The first-order valence-corrected chi connectivity index (χ1v) is 7.09. The van der Waals surface area contributed by atoms with Crippen LogP contribution in [0.15, 0.2) is 46.3 Å². The van der Waals surface area contributed by atoms with E-state index in [4.69, 9.17) is 5.73 Å². The highest BCUT2D eigenvalue weighted by atomic mass is 79.9. The molecule has 1 aromatic heterocycles. The molecule has 0 saturated heterocycles. The fourth-order valence-corrected chi connectivity index (χ4v) is 2.89. The van der Waals surface area contributed by atoms with E-state index in [0.717, 1.165) is 3.79 Å². The normalized spacial score (nSPS) is 11.8. The molecule has 19 heavy (non-hydrogen) atoms. The molecule has 2 amide bonds. The summed E-state index contributed by atoms with van der Waals surface area (Å²) in [6.45, 7) is 0. The van der Waals surface area contributed by atoms with Crippen LogP contribution in [0.2, 0.25) is 0 Å². The highest BCUT2D eigenvalue weighted by Gasteiger charge is 2.21. The lowest BCUT2D eigenvalue weighted by atomic mass is 10.1. The molecule has 1 heterocycles. The van der Waals surface area contributed by atoms with Gasteiger partial charge in [-0.25, -0.2) is 0 Å². The number of rotatable bonds is 4. The number of hydrogen-bond acceptors (Lipinski definition) is 3. The van der Waals surface area contributed by atoms with Gasteiger partial charge >= 0.3 is 0 Å². The van der Waals surface area contributed by atoms with Crippen molar-refractivity contribution in [2.45, 2.75) is 6.04 Å². The molecule has 0 unspecified atom stereocenters. The van der Waals surface area contributed by atoms with Crippen molar-refractivity contribution in [3.05, 3.63) is 56.7 Å². The minimum absolute atomic E-state index is 0.316. The summed E-state index contributed by atoms with van der Waals surface area (Å²) in [7, 11) is 0. The Kier molecular flexibility index (Phi) is 4.34. The maximum Gasteiger partial charge on any atom is 0.262 e. The molecule has 0 bridgehead atoms. The Balaban J connectivity index is 2.18. The average Bonchev–Trinajstić information content (AvgIpc) is 2.83. The van der Waals surface area contributed by atoms with E-state index in [1.165, 1.54) is 11.3 Å². The summed E-state index contributed by atoms with van der Waals surface area (Å²) >= 11 is 4.58. The Hall–Kier alpha value is -1.66. The number of halogens is 1. The fraction of sp³-hybridized carbons (Fsp3) is 0.0769. The molecule has 0 aliphatic heterocycles. The van der Waals surface area contributed by atoms with Crippen LogP contribution in [-0.4, -0.2) is 11.8 Å². The van der Waals surface area contributed by atoms with Crippen molar-refractivity contribution in [2.75, 3.05) is 0 Å². The van der Waals surface area contributed by atoms with Gasteiger partial charge in [0.15, 0.2) is 0 Å². The van der Waals surface area contributed by atoms with Crippen molar-refractivity contribution in [1.29, 1.82) is 0 Å². The van der Waals surface area contributed by atoms with E-state index in [-0.39, 0.29) is 5.91 Å². The van der Waals surface area contributed by atoms with Gasteiger partial charge in [-0.3, -0.25) is 9.59 Å². The number of benzene rings is 1. The minimum Gasteiger partial charge on any atom is -0.368 e. The highest BCUT2D eigenvalue weighted by Crippen LogP contribution is 2.23. The van der Waals surface area contributed by atoms with Gasteiger partial charge in [0.05, 0.1) is 8.66 Å². The lowest BCUT2D eigenvalue weighted by Gasteiger charge is -2.15. The molecule has 0 spiro atoms. The van der Waals surface area contributed by atoms with Crippen LogP contribution in [0.25, 0.3) is 0 Å². The third-order valence-corrected chi connectivity index (χ3v) is 4.11. The monoisotopic (exact) mass is 338 g/mol. The van der Waals surface area contributed by atoms with Gasteiger partial charge in [0.1, 0.15) is 6.04 Å². The summed E-state index contributed by atoms with van der Waals surface area (Å²) < 4.78 is 0.855. The first-order chi connectivity index (χ1) is 9.08. The van der Waals surface area contributed by atoms with Gasteiger partial charge in [0.25, 0.3) is 5.91 Å². The fourth-order valence-electron chi connectivity index (χ4n) is 1.60. The zero-order valence-corrected chi connectivity index (χ0v) is 12.2. The molecule has 1 atom stereocenters. The third kappa shape index (κ3) is 3.42. The van der Waals surface area contributed by atoms with Crippen molar-refractivity contribution in [2.24, 2.45) is 5.73 Å². The molecular weight excluding hydrogens is 328 g/mol. The number of primary amides is 1. The second-order valence-electron chi connectivity index (χ2n) is 3.82. The molecule has 98 valence electrons. The molecule has 1 aromatic carbocycles. The van der Waals surface area contributed by atoms with Crippen LogP contribution in [0.1, 0.15) is 21.3 Å². The van der Waals surface area contributed by atoms with Gasteiger partial charge in [-0.2, -0.15) is 0 Å². The first kappa shape index (κ1) is 13.8. The van der Waals surface area contributed by atoms with Crippen LogP contribution in [-0.2, 0) is 4.79 Å². The van der Waals surface area contributed by atoms with Crippen LogP contribution in [0.4, 0.5) is 0 Å². The Bertz CT molecular complexity index is 598. The predicted octanol–water partition coefficient (Wildman–Crippen LogP) is 2.47. The van der Waals surface area contributed by atoms with Gasteiger partial charge in [-0.05, 0) is 33.6 Å². The van der Waals surface area contributed by atoms with Crippen LogP contribution >= 0.6 is 27.3 Å². The van der Waals surface area contributed by atoms with Crippen molar-refractivity contribution < 1.29 is 9.59 Å². The predicted molar refractivity (Wildman–Crippen MR) is 77.9 cm³/mol.